The summed E-state index contributed by atoms with van der Waals surface area (Å²) in [6.07, 6.45) is 1.34. The number of ketones is 1. The van der Waals surface area contributed by atoms with Gasteiger partial charge in [0.25, 0.3) is 0 Å². The van der Waals surface area contributed by atoms with Crippen molar-refractivity contribution in [2.24, 2.45) is 35.0 Å². The number of carbonyl (C=O) groups is 2. The fraction of sp³-hybridized carbons (Fsp3) is 0.931. The van der Waals surface area contributed by atoms with Gasteiger partial charge in [0.2, 0.25) is 0 Å². The molecule has 0 aromatic carbocycles. The fourth-order valence-electron chi connectivity index (χ4n) is 5.98. The summed E-state index contributed by atoms with van der Waals surface area (Å²) in [6, 6.07) is 0. The van der Waals surface area contributed by atoms with E-state index >= 15 is 0 Å². The van der Waals surface area contributed by atoms with E-state index in [1.807, 2.05) is 34.6 Å². The molecule has 0 aromatic rings. The van der Waals surface area contributed by atoms with Crippen LogP contribution >= 0.6 is 0 Å². The normalized spacial score (nSPS) is 26.8. The van der Waals surface area contributed by atoms with Crippen molar-refractivity contribution in [1.29, 1.82) is 0 Å². The molecule has 7 heteroatoms. The van der Waals surface area contributed by atoms with E-state index in [2.05, 4.69) is 27.7 Å². The van der Waals surface area contributed by atoms with Crippen LogP contribution in [0.25, 0.3) is 0 Å². The smallest absolute Gasteiger partial charge is 0.311 e. The van der Waals surface area contributed by atoms with E-state index in [-0.39, 0.29) is 41.0 Å². The average molecular weight is 515 g/mol. The van der Waals surface area contributed by atoms with E-state index in [1.54, 1.807) is 14.0 Å². The van der Waals surface area contributed by atoms with Gasteiger partial charge in [-0.3, -0.25) is 9.59 Å². The maximum absolute atomic E-state index is 13.1. The predicted octanol–water partition coefficient (Wildman–Crippen LogP) is 5.41. The van der Waals surface area contributed by atoms with Crippen molar-refractivity contribution in [2.75, 3.05) is 14.2 Å². The Bertz CT molecular complexity index is 706. The number of aliphatic hydroxyl groups excluding tert-OH is 1. The van der Waals surface area contributed by atoms with Gasteiger partial charge < -0.3 is 24.1 Å². The van der Waals surface area contributed by atoms with Gasteiger partial charge in [0.1, 0.15) is 5.78 Å². The first-order chi connectivity index (χ1) is 16.5. The first-order valence-corrected chi connectivity index (χ1v) is 13.6. The molecular weight excluding hydrogens is 460 g/mol. The highest BCUT2D eigenvalue weighted by atomic mass is 16.7. The minimum Gasteiger partial charge on any atom is -0.469 e. The minimum atomic E-state index is -0.673. The van der Waals surface area contributed by atoms with E-state index < -0.39 is 35.9 Å². The Morgan fingerprint density at radius 1 is 1.03 bits per heavy atom. The van der Waals surface area contributed by atoms with E-state index in [1.165, 1.54) is 7.11 Å². The molecular formula is C29H54O7. The first kappa shape index (κ1) is 33.0. The Morgan fingerprint density at radius 3 is 2.08 bits per heavy atom. The Kier molecular flexibility index (Phi) is 12.5. The summed E-state index contributed by atoms with van der Waals surface area (Å²) in [5, 5.41) is 10.4. The zero-order chi connectivity index (χ0) is 28.0. The van der Waals surface area contributed by atoms with E-state index in [9.17, 15) is 14.7 Å². The van der Waals surface area contributed by atoms with Gasteiger partial charge in [-0.1, -0.05) is 48.5 Å². The van der Waals surface area contributed by atoms with E-state index in [0.29, 0.717) is 12.8 Å². The van der Waals surface area contributed by atoms with Gasteiger partial charge in [-0.05, 0) is 57.3 Å². The quantitative estimate of drug-likeness (QED) is 0.310. The average Bonchev–Trinajstić information content (AvgIpc) is 2.78. The molecule has 36 heavy (non-hydrogen) atoms. The van der Waals surface area contributed by atoms with Crippen molar-refractivity contribution >= 4 is 11.8 Å². The second-order valence-electron chi connectivity index (χ2n) is 12.7. The molecule has 0 radical (unpaired) electrons. The third-order valence-corrected chi connectivity index (χ3v) is 7.99. The van der Waals surface area contributed by atoms with Crippen molar-refractivity contribution in [3.63, 3.8) is 0 Å². The van der Waals surface area contributed by atoms with Gasteiger partial charge in [0.15, 0.2) is 6.29 Å². The maximum atomic E-state index is 13.1. The lowest BCUT2D eigenvalue weighted by Crippen LogP contribution is -2.46. The zero-order valence-electron chi connectivity index (χ0n) is 24.9. The largest absolute Gasteiger partial charge is 0.469 e. The molecule has 0 spiro atoms. The van der Waals surface area contributed by atoms with Crippen LogP contribution in [-0.2, 0) is 28.5 Å². The van der Waals surface area contributed by atoms with Crippen LogP contribution in [0.2, 0.25) is 0 Å². The number of methoxy groups -OCH3 is 2. The van der Waals surface area contributed by atoms with Gasteiger partial charge in [0, 0.05) is 25.4 Å². The van der Waals surface area contributed by atoms with Crippen LogP contribution in [-0.4, -0.2) is 61.3 Å². The van der Waals surface area contributed by atoms with E-state index in [0.717, 1.165) is 12.8 Å². The molecule has 7 nitrogen and oxygen atoms in total. The molecule has 1 rings (SSSR count). The molecule has 1 N–H and O–H groups in total. The number of rotatable bonds is 14. The topological polar surface area (TPSA) is 91.3 Å². The molecule has 1 heterocycles. The molecule has 0 bridgehead atoms. The maximum Gasteiger partial charge on any atom is 0.311 e. The van der Waals surface area contributed by atoms with Gasteiger partial charge in [-0.15, -0.1) is 0 Å². The van der Waals surface area contributed by atoms with E-state index in [4.69, 9.17) is 18.9 Å². The number of Topliss-reactive ketones (excluding diaryl/α,β-unsaturated/α-hetero) is 1. The third-order valence-electron chi connectivity index (χ3n) is 7.99. The number of ether oxygens (including phenoxy) is 4. The van der Waals surface area contributed by atoms with Gasteiger partial charge in [0.05, 0.1) is 36.9 Å². The molecule has 212 valence electrons. The molecule has 0 amide bonds. The Labute approximate surface area is 220 Å². The van der Waals surface area contributed by atoms with Crippen LogP contribution in [0.15, 0.2) is 0 Å². The highest BCUT2D eigenvalue weighted by molar-refractivity contribution is 5.83. The lowest BCUT2D eigenvalue weighted by molar-refractivity contribution is -0.249. The second kappa shape index (κ2) is 13.7. The van der Waals surface area contributed by atoms with Crippen LogP contribution in [0.4, 0.5) is 0 Å². The fourth-order valence-corrected chi connectivity index (χ4v) is 5.98. The lowest BCUT2D eigenvalue weighted by Gasteiger charge is -2.43. The standard InChI is InChI=1S/C29H54O7/c1-17(2)24(30)21(6)25(31)18(3)13-29(10,34-12)14-19(4)26(22(7)27(32)33-11)36-23-16-28(8,9)15-20(5)35-23/h17-24,26,30H,13-16H2,1-12H3/t18-,19-,20?,21-,22?,23+,24+,26+,29-/m1/s1. The SMILES string of the molecule is COC(=O)C(C)[C@@H](O[C@H]1CC(C)(C)CC(C)O1)[C@H](C)C[C@@](C)(C[C@@H](C)C(=O)[C@H](C)[C@@H](O)C(C)C)OC. The summed E-state index contributed by atoms with van der Waals surface area (Å²) in [7, 11) is 3.05. The monoisotopic (exact) mass is 514 g/mol. The number of hydrogen-bond donors (Lipinski definition) is 1. The molecule has 0 aliphatic carbocycles. The lowest BCUT2D eigenvalue weighted by atomic mass is 9.77. The van der Waals surface area contributed by atoms with Crippen LogP contribution in [0.3, 0.4) is 0 Å². The number of esters is 1. The highest BCUT2D eigenvalue weighted by Crippen LogP contribution is 2.39. The summed E-state index contributed by atoms with van der Waals surface area (Å²) in [5.74, 6) is -1.57. The Balaban J connectivity index is 3.05. The highest BCUT2D eigenvalue weighted by Gasteiger charge is 2.41. The predicted molar refractivity (Wildman–Crippen MR) is 141 cm³/mol. The molecule has 0 aromatic heterocycles. The van der Waals surface area contributed by atoms with Crippen LogP contribution in [0.1, 0.15) is 94.9 Å². The van der Waals surface area contributed by atoms with Crippen molar-refractivity contribution < 1.29 is 33.6 Å². The molecule has 1 aliphatic heterocycles. The second-order valence-corrected chi connectivity index (χ2v) is 12.7. The van der Waals surface area contributed by atoms with Crippen molar-refractivity contribution in [3.05, 3.63) is 0 Å². The number of aliphatic hydroxyl groups is 1. The molecule has 1 saturated heterocycles. The van der Waals surface area contributed by atoms with Crippen molar-refractivity contribution in [3.8, 4) is 0 Å². The molecule has 1 aliphatic rings. The summed E-state index contributed by atoms with van der Waals surface area (Å²) < 4.78 is 23.6. The first-order valence-electron chi connectivity index (χ1n) is 13.6. The molecule has 0 saturated carbocycles. The molecule has 1 fully saturated rings. The number of hydrogen-bond acceptors (Lipinski definition) is 7. The van der Waals surface area contributed by atoms with Crippen molar-refractivity contribution in [1.82, 2.24) is 0 Å². The zero-order valence-corrected chi connectivity index (χ0v) is 24.9. The minimum absolute atomic E-state index is 0.0115. The third kappa shape index (κ3) is 9.38. The van der Waals surface area contributed by atoms with Crippen molar-refractivity contribution in [2.45, 2.75) is 125 Å². The molecule has 2 unspecified atom stereocenters. The summed E-state index contributed by atoms with van der Waals surface area (Å²) in [6.45, 7) is 19.9. The number of carbonyl (C=O) groups excluding carboxylic acids is 2. The summed E-state index contributed by atoms with van der Waals surface area (Å²) in [4.78, 5) is 25.6. The Morgan fingerprint density at radius 2 is 1.61 bits per heavy atom. The molecule has 9 atom stereocenters. The van der Waals surface area contributed by atoms with Crippen LogP contribution in [0.5, 0.6) is 0 Å². The summed E-state index contributed by atoms with van der Waals surface area (Å²) >= 11 is 0. The van der Waals surface area contributed by atoms with Gasteiger partial charge >= 0.3 is 5.97 Å². The van der Waals surface area contributed by atoms with Crippen LogP contribution < -0.4 is 0 Å². The van der Waals surface area contributed by atoms with Crippen LogP contribution in [0, 0.1) is 35.0 Å². The van der Waals surface area contributed by atoms with Gasteiger partial charge in [-0.25, -0.2) is 0 Å². The Hall–Kier alpha value is -1.02. The summed E-state index contributed by atoms with van der Waals surface area (Å²) in [5.41, 5.74) is -0.535. The van der Waals surface area contributed by atoms with Gasteiger partial charge in [-0.2, -0.15) is 0 Å².